The van der Waals surface area contributed by atoms with E-state index in [2.05, 4.69) is 15.2 Å². The molecule has 2 aromatic rings. The molecule has 0 atom stereocenters. The fraction of sp³-hybridized carbons (Fsp3) is 0.483. The Morgan fingerprint density at radius 2 is 1.69 bits per heavy atom. The number of likely N-dealkylation sites (N-methyl/N-ethyl adjacent to an activating group) is 1. The van der Waals surface area contributed by atoms with Crippen molar-refractivity contribution < 1.29 is 23.5 Å². The number of aryl methyl sites for hydroxylation is 1. The maximum atomic E-state index is 13.9. The number of carbonyl (C=O) groups excluding carboxylic acids is 3. The van der Waals surface area contributed by atoms with E-state index in [1.54, 1.807) is 19.9 Å². The molecule has 0 fully saturated rings. The van der Waals surface area contributed by atoms with Crippen LogP contribution in [0.5, 0.6) is 0 Å². The van der Waals surface area contributed by atoms with Gasteiger partial charge in [0.1, 0.15) is 5.82 Å². The first-order valence-electron chi connectivity index (χ1n) is 13.6. The average Bonchev–Trinajstić information content (AvgIpc) is 3.37. The molecule has 236 valence electrons. The summed E-state index contributed by atoms with van der Waals surface area (Å²) in [4.78, 5) is 45.9. The molecule has 1 aromatic carbocycles. The number of rotatable bonds is 13. The van der Waals surface area contributed by atoms with Crippen LogP contribution in [-0.4, -0.2) is 72.0 Å². The van der Waals surface area contributed by atoms with Gasteiger partial charge in [0.05, 0.1) is 17.7 Å². The first-order chi connectivity index (χ1) is 18.7. The van der Waals surface area contributed by atoms with Crippen molar-refractivity contribution in [1.29, 1.82) is 0 Å². The van der Waals surface area contributed by atoms with Gasteiger partial charge in [0.15, 0.2) is 0 Å². The molecule has 3 rings (SSSR count). The van der Waals surface area contributed by atoms with E-state index < -0.39 is 17.8 Å². The lowest BCUT2D eigenvalue weighted by molar-refractivity contribution is -0.110. The molecule has 3 amide bonds. The number of nitrogens with one attached hydrogen (secondary N) is 2. The summed E-state index contributed by atoms with van der Waals surface area (Å²) in [5.74, 6) is -1.27. The van der Waals surface area contributed by atoms with Crippen LogP contribution in [0.2, 0.25) is 0 Å². The van der Waals surface area contributed by atoms with Crippen molar-refractivity contribution in [2.45, 2.75) is 53.4 Å². The van der Waals surface area contributed by atoms with Gasteiger partial charge in [0.2, 0.25) is 0 Å². The van der Waals surface area contributed by atoms with Crippen molar-refractivity contribution in [3.05, 3.63) is 52.1 Å². The van der Waals surface area contributed by atoms with Crippen LogP contribution in [0, 0.1) is 19.7 Å². The molecule has 13 heteroatoms. The third-order valence-electron chi connectivity index (χ3n) is 7.07. The number of hydrogen-bond acceptors (Lipinski definition) is 6. The minimum Gasteiger partial charge on any atom is -0.449 e. The van der Waals surface area contributed by atoms with E-state index in [4.69, 9.17) is 10.5 Å². The van der Waals surface area contributed by atoms with Crippen molar-refractivity contribution >= 4 is 72.5 Å². The summed E-state index contributed by atoms with van der Waals surface area (Å²) in [5.41, 5.74) is 8.83. The number of amides is 3. The number of carbonyl (C=O) groups is 3. The monoisotopic (exact) mass is 649 g/mol. The highest BCUT2D eigenvalue weighted by atomic mass is 35.5. The topological polar surface area (TPSA) is 121 Å². The number of unbranched alkanes of at least 4 members (excludes halogenated alkanes) is 3. The summed E-state index contributed by atoms with van der Waals surface area (Å²) >= 11 is 0. The largest absolute Gasteiger partial charge is 0.449 e. The SMILES string of the molecule is CCN(CC)CCN(C(=O)OCCCCCCN)C(=O)c1c(C)[nH]c(/C=C2\C(=O)Nc3ccc(F)cc32)c1C.Cl.Cl.Cl. The molecule has 4 N–H and O–H groups in total. The Labute approximate surface area is 266 Å². The van der Waals surface area contributed by atoms with Gasteiger partial charge >= 0.3 is 6.09 Å². The van der Waals surface area contributed by atoms with Gasteiger partial charge in [0.25, 0.3) is 11.8 Å². The number of halogens is 4. The van der Waals surface area contributed by atoms with Crippen molar-refractivity contribution in [3.63, 3.8) is 0 Å². The Morgan fingerprint density at radius 1 is 1.02 bits per heavy atom. The minimum absolute atomic E-state index is 0. The molecule has 0 unspecified atom stereocenters. The summed E-state index contributed by atoms with van der Waals surface area (Å²) in [6.45, 7) is 10.7. The Kier molecular flexibility index (Phi) is 17.6. The maximum Gasteiger partial charge on any atom is 0.416 e. The Bertz CT molecular complexity index is 1230. The van der Waals surface area contributed by atoms with Crippen molar-refractivity contribution in [3.8, 4) is 0 Å². The van der Waals surface area contributed by atoms with E-state index >= 15 is 0 Å². The van der Waals surface area contributed by atoms with Crippen LogP contribution >= 0.6 is 37.2 Å². The molecule has 0 radical (unpaired) electrons. The average molecular weight is 651 g/mol. The first-order valence-corrected chi connectivity index (χ1v) is 13.6. The number of imide groups is 1. The normalized spacial score (nSPS) is 12.6. The third-order valence-corrected chi connectivity index (χ3v) is 7.07. The summed E-state index contributed by atoms with van der Waals surface area (Å²) in [6, 6.07) is 4.11. The number of nitrogens with zero attached hydrogens (tertiary/aromatic N) is 2. The second-order valence-electron chi connectivity index (χ2n) is 9.67. The first kappa shape index (κ1) is 39.4. The molecular formula is C29H43Cl3FN5O4. The summed E-state index contributed by atoms with van der Waals surface area (Å²) in [5, 5.41) is 2.73. The summed E-state index contributed by atoms with van der Waals surface area (Å²) in [7, 11) is 0. The second kappa shape index (κ2) is 18.8. The summed E-state index contributed by atoms with van der Waals surface area (Å²) in [6.07, 6.45) is 4.42. The van der Waals surface area contributed by atoms with Crippen molar-refractivity contribution in [1.82, 2.24) is 14.8 Å². The van der Waals surface area contributed by atoms with Crippen LogP contribution in [0.4, 0.5) is 14.9 Å². The molecular weight excluding hydrogens is 608 g/mol. The molecule has 0 aliphatic carbocycles. The van der Waals surface area contributed by atoms with E-state index in [1.165, 1.54) is 18.2 Å². The standard InChI is InChI=1S/C29H40FN5O4.3ClH/c1-5-34(6-2)14-15-35(29(38)39-16-10-8-7-9-13-31)28(37)26-19(3)25(32-20(26)4)18-23-22-17-21(30)11-12-24(22)33-27(23)36;;;/h11-12,17-18,32H,5-10,13-16,31H2,1-4H3,(H,33,36);3*1H/b23-18-;;;. The fourth-order valence-electron chi connectivity index (χ4n) is 4.72. The van der Waals surface area contributed by atoms with Crippen molar-refractivity contribution in [2.24, 2.45) is 5.73 Å². The van der Waals surface area contributed by atoms with E-state index in [-0.39, 0.29) is 56.3 Å². The van der Waals surface area contributed by atoms with Gasteiger partial charge in [-0.25, -0.2) is 14.1 Å². The number of H-pyrrole nitrogens is 1. The van der Waals surface area contributed by atoms with Gasteiger partial charge in [-0.15, -0.1) is 37.2 Å². The number of nitrogens with two attached hydrogens (primary N) is 1. The Morgan fingerprint density at radius 3 is 2.33 bits per heavy atom. The van der Waals surface area contributed by atoms with Crippen LogP contribution in [0.25, 0.3) is 11.6 Å². The number of ether oxygens (including phenoxy) is 1. The van der Waals surface area contributed by atoms with E-state index in [1.807, 2.05) is 13.8 Å². The van der Waals surface area contributed by atoms with Crippen molar-refractivity contribution in [2.75, 3.05) is 44.6 Å². The van der Waals surface area contributed by atoms with Gasteiger partial charge in [-0.05, 0) is 76.2 Å². The molecule has 0 spiro atoms. The lowest BCUT2D eigenvalue weighted by Gasteiger charge is -2.25. The van der Waals surface area contributed by atoms with Crippen LogP contribution in [-0.2, 0) is 9.53 Å². The van der Waals surface area contributed by atoms with E-state index in [0.717, 1.165) is 37.3 Å². The van der Waals surface area contributed by atoms with Crippen LogP contribution in [0.1, 0.15) is 72.4 Å². The lowest BCUT2D eigenvalue weighted by atomic mass is 10.0. The fourth-order valence-corrected chi connectivity index (χ4v) is 4.72. The molecule has 1 aromatic heterocycles. The van der Waals surface area contributed by atoms with Gasteiger partial charge in [0, 0.05) is 35.7 Å². The highest BCUT2D eigenvalue weighted by Crippen LogP contribution is 2.34. The number of benzene rings is 1. The highest BCUT2D eigenvalue weighted by Gasteiger charge is 2.30. The Hall–Kier alpha value is -2.63. The van der Waals surface area contributed by atoms with Crippen LogP contribution in [0.15, 0.2) is 18.2 Å². The molecule has 42 heavy (non-hydrogen) atoms. The lowest BCUT2D eigenvalue weighted by Crippen LogP contribution is -2.43. The van der Waals surface area contributed by atoms with Gasteiger partial charge < -0.3 is 25.7 Å². The molecule has 1 aliphatic rings. The van der Waals surface area contributed by atoms with Crippen LogP contribution < -0.4 is 11.1 Å². The molecule has 1 aliphatic heterocycles. The van der Waals surface area contributed by atoms with Gasteiger partial charge in [-0.3, -0.25) is 9.59 Å². The zero-order valence-electron chi connectivity index (χ0n) is 24.6. The zero-order chi connectivity index (χ0) is 28.5. The minimum atomic E-state index is -0.676. The predicted octanol–water partition coefficient (Wildman–Crippen LogP) is 5.97. The summed E-state index contributed by atoms with van der Waals surface area (Å²) < 4.78 is 19.4. The smallest absolute Gasteiger partial charge is 0.416 e. The number of fused-ring (bicyclic) bond motifs is 1. The second-order valence-corrected chi connectivity index (χ2v) is 9.67. The van der Waals surface area contributed by atoms with E-state index in [9.17, 15) is 18.8 Å². The predicted molar refractivity (Wildman–Crippen MR) is 173 cm³/mol. The third kappa shape index (κ3) is 9.70. The maximum absolute atomic E-state index is 13.9. The molecule has 0 saturated carbocycles. The van der Waals surface area contributed by atoms with Gasteiger partial charge in [-0.2, -0.15) is 0 Å². The molecule has 0 saturated heterocycles. The van der Waals surface area contributed by atoms with E-state index in [0.29, 0.717) is 58.8 Å². The zero-order valence-corrected chi connectivity index (χ0v) is 27.0. The number of hydrogen-bond donors (Lipinski definition) is 3. The molecule has 2 heterocycles. The molecule has 0 bridgehead atoms. The van der Waals surface area contributed by atoms with Gasteiger partial charge in [-0.1, -0.05) is 26.7 Å². The number of anilines is 1. The number of aromatic amines is 1. The quantitative estimate of drug-likeness (QED) is 0.182. The highest BCUT2D eigenvalue weighted by molar-refractivity contribution is 6.35. The molecule has 9 nitrogen and oxygen atoms in total. The van der Waals surface area contributed by atoms with Crippen LogP contribution in [0.3, 0.4) is 0 Å². The number of aromatic nitrogens is 1. The Balaban J connectivity index is 0.00000560.